The number of nitrogens with zero attached hydrogens (tertiary/aromatic N) is 1. The zero-order valence-electron chi connectivity index (χ0n) is 9.85. The fourth-order valence-electron chi connectivity index (χ4n) is 1.45. The molecule has 1 aromatic heterocycles. The van der Waals surface area contributed by atoms with Gasteiger partial charge in [0.2, 0.25) is 0 Å². The lowest BCUT2D eigenvalue weighted by Gasteiger charge is -2.03. The Kier molecular flexibility index (Phi) is 5.53. The number of halogens is 2. The summed E-state index contributed by atoms with van der Waals surface area (Å²) in [5.74, 6) is 0.255. The number of hydrogen-bond acceptors (Lipinski definition) is 4. The van der Waals surface area contributed by atoms with Crippen LogP contribution in [0.4, 0.5) is 4.39 Å². The van der Waals surface area contributed by atoms with Crippen LogP contribution in [-0.2, 0) is 0 Å². The number of ether oxygens (including phenoxy) is 1. The molecule has 0 fully saturated rings. The van der Waals surface area contributed by atoms with Crippen LogP contribution in [0.1, 0.15) is 5.01 Å². The Morgan fingerprint density at radius 2 is 2.33 bits per heavy atom. The van der Waals surface area contributed by atoms with E-state index < -0.39 is 0 Å². The molecule has 2 N–H and O–H groups in total. The van der Waals surface area contributed by atoms with Crippen molar-refractivity contribution in [3.05, 3.63) is 35.1 Å². The summed E-state index contributed by atoms with van der Waals surface area (Å²) in [5.41, 5.74) is 6.08. The number of aryl methyl sites for hydroxylation is 1. The van der Waals surface area contributed by atoms with Gasteiger partial charge in [-0.15, -0.1) is 23.7 Å². The third-order valence-corrected chi connectivity index (χ3v) is 3.13. The van der Waals surface area contributed by atoms with E-state index in [9.17, 15) is 4.39 Å². The second kappa shape index (κ2) is 6.68. The first-order valence-corrected chi connectivity index (χ1v) is 6.05. The van der Waals surface area contributed by atoms with Gasteiger partial charge in [-0.25, -0.2) is 9.37 Å². The fraction of sp³-hybridized carbons (Fsp3) is 0.250. The summed E-state index contributed by atoms with van der Waals surface area (Å²) in [7, 11) is 0. The molecule has 0 saturated carbocycles. The first kappa shape index (κ1) is 14.9. The average molecular weight is 289 g/mol. The molecule has 0 atom stereocenters. The maximum absolute atomic E-state index is 13.0. The number of thiazole rings is 1. The molecular weight excluding hydrogens is 275 g/mol. The SMILES string of the molecule is Cc1nc2cc(OC/C(F)=C/CN)ccc2s1.Cl. The van der Waals surface area contributed by atoms with E-state index in [-0.39, 0.29) is 31.4 Å². The molecule has 2 aromatic rings. The summed E-state index contributed by atoms with van der Waals surface area (Å²) in [5, 5.41) is 1.01. The molecular formula is C12H14ClFN2OS. The lowest BCUT2D eigenvalue weighted by Crippen LogP contribution is -2.01. The second-order valence-electron chi connectivity index (χ2n) is 3.54. The van der Waals surface area contributed by atoms with Gasteiger partial charge in [-0.2, -0.15) is 0 Å². The molecule has 18 heavy (non-hydrogen) atoms. The summed E-state index contributed by atoms with van der Waals surface area (Å²) < 4.78 is 19.5. The van der Waals surface area contributed by atoms with Crippen molar-refractivity contribution in [2.75, 3.05) is 13.2 Å². The molecule has 0 spiro atoms. The van der Waals surface area contributed by atoms with E-state index in [4.69, 9.17) is 10.5 Å². The Morgan fingerprint density at radius 1 is 1.56 bits per heavy atom. The van der Waals surface area contributed by atoms with E-state index in [1.54, 1.807) is 11.3 Å². The monoisotopic (exact) mass is 288 g/mol. The van der Waals surface area contributed by atoms with Crippen molar-refractivity contribution < 1.29 is 9.13 Å². The highest BCUT2D eigenvalue weighted by Crippen LogP contribution is 2.25. The molecule has 3 nitrogen and oxygen atoms in total. The maximum atomic E-state index is 13.0. The molecule has 0 radical (unpaired) electrons. The highest BCUT2D eigenvalue weighted by molar-refractivity contribution is 7.18. The highest BCUT2D eigenvalue weighted by Gasteiger charge is 2.03. The third kappa shape index (κ3) is 3.66. The van der Waals surface area contributed by atoms with Crippen molar-refractivity contribution in [3.8, 4) is 5.75 Å². The predicted molar refractivity (Wildman–Crippen MR) is 75.3 cm³/mol. The van der Waals surface area contributed by atoms with E-state index >= 15 is 0 Å². The van der Waals surface area contributed by atoms with Crippen molar-refractivity contribution in [3.63, 3.8) is 0 Å². The molecule has 0 amide bonds. The minimum Gasteiger partial charge on any atom is -0.486 e. The van der Waals surface area contributed by atoms with E-state index in [1.807, 2.05) is 25.1 Å². The van der Waals surface area contributed by atoms with Gasteiger partial charge in [0.1, 0.15) is 18.2 Å². The lowest BCUT2D eigenvalue weighted by molar-refractivity contribution is 0.318. The number of aromatic nitrogens is 1. The molecule has 0 aliphatic rings. The summed E-state index contributed by atoms with van der Waals surface area (Å²) in [6.45, 7) is 2.04. The van der Waals surface area contributed by atoms with Gasteiger partial charge in [0.05, 0.1) is 15.2 Å². The molecule has 0 bridgehead atoms. The number of benzene rings is 1. The lowest BCUT2D eigenvalue weighted by atomic mass is 10.3. The first-order chi connectivity index (χ1) is 8.19. The standard InChI is InChI=1S/C12H13FN2OS.ClH/c1-8-15-11-6-10(2-3-12(11)17-8)16-7-9(13)4-5-14;/h2-4,6H,5,7,14H2,1H3;1H/b9-4-;. The van der Waals surface area contributed by atoms with Crippen LogP contribution in [-0.4, -0.2) is 18.1 Å². The zero-order chi connectivity index (χ0) is 12.3. The smallest absolute Gasteiger partial charge is 0.139 e. The molecule has 2 rings (SSSR count). The summed E-state index contributed by atoms with van der Waals surface area (Å²) in [6.07, 6.45) is 1.30. The van der Waals surface area contributed by atoms with Crippen LogP contribution in [0.5, 0.6) is 5.75 Å². The van der Waals surface area contributed by atoms with Gasteiger partial charge < -0.3 is 10.5 Å². The summed E-state index contributed by atoms with van der Waals surface area (Å²) in [4.78, 5) is 4.35. The highest BCUT2D eigenvalue weighted by atomic mass is 35.5. The second-order valence-corrected chi connectivity index (χ2v) is 4.77. The molecule has 1 heterocycles. The minimum atomic E-state index is -0.359. The van der Waals surface area contributed by atoms with Crippen LogP contribution >= 0.6 is 23.7 Å². The van der Waals surface area contributed by atoms with Gasteiger partial charge in [-0.3, -0.25) is 0 Å². The van der Waals surface area contributed by atoms with Gasteiger partial charge in [-0.1, -0.05) is 0 Å². The van der Waals surface area contributed by atoms with Gasteiger partial charge in [-0.05, 0) is 25.1 Å². The molecule has 1 aromatic carbocycles. The van der Waals surface area contributed by atoms with Crippen molar-refractivity contribution in [2.45, 2.75) is 6.92 Å². The van der Waals surface area contributed by atoms with E-state index in [1.165, 1.54) is 6.08 Å². The number of nitrogens with two attached hydrogens (primary N) is 1. The quantitative estimate of drug-likeness (QED) is 0.940. The van der Waals surface area contributed by atoms with Crippen molar-refractivity contribution in [1.82, 2.24) is 4.98 Å². The van der Waals surface area contributed by atoms with Crippen molar-refractivity contribution in [1.29, 1.82) is 0 Å². The molecule has 98 valence electrons. The molecule has 0 saturated heterocycles. The van der Waals surface area contributed by atoms with E-state index in [0.29, 0.717) is 5.75 Å². The largest absolute Gasteiger partial charge is 0.486 e. The van der Waals surface area contributed by atoms with Gasteiger partial charge in [0.25, 0.3) is 0 Å². The van der Waals surface area contributed by atoms with Crippen LogP contribution in [0, 0.1) is 6.92 Å². The van der Waals surface area contributed by atoms with Crippen LogP contribution < -0.4 is 10.5 Å². The average Bonchev–Trinajstić information content (AvgIpc) is 2.66. The Hall–Kier alpha value is -1.17. The van der Waals surface area contributed by atoms with Crippen molar-refractivity contribution >= 4 is 34.0 Å². The number of fused-ring (bicyclic) bond motifs is 1. The molecule has 0 unspecified atom stereocenters. The third-order valence-electron chi connectivity index (χ3n) is 2.18. The maximum Gasteiger partial charge on any atom is 0.139 e. The van der Waals surface area contributed by atoms with Crippen LogP contribution in [0.15, 0.2) is 30.1 Å². The number of rotatable bonds is 4. The van der Waals surface area contributed by atoms with Crippen LogP contribution in [0.2, 0.25) is 0 Å². The Labute approximate surface area is 115 Å². The topological polar surface area (TPSA) is 48.1 Å². The van der Waals surface area contributed by atoms with Crippen molar-refractivity contribution in [2.24, 2.45) is 5.73 Å². The van der Waals surface area contributed by atoms with E-state index in [2.05, 4.69) is 4.98 Å². The fourth-order valence-corrected chi connectivity index (χ4v) is 2.26. The first-order valence-electron chi connectivity index (χ1n) is 5.23. The minimum absolute atomic E-state index is 0. The molecule has 0 aliphatic heterocycles. The van der Waals surface area contributed by atoms with Gasteiger partial charge in [0.15, 0.2) is 0 Å². The normalized spacial score (nSPS) is 11.4. The predicted octanol–water partition coefficient (Wildman–Crippen LogP) is 3.22. The molecule has 6 heteroatoms. The van der Waals surface area contributed by atoms with Crippen LogP contribution in [0.3, 0.4) is 0 Å². The van der Waals surface area contributed by atoms with E-state index in [0.717, 1.165) is 15.2 Å². The van der Waals surface area contributed by atoms with Crippen LogP contribution in [0.25, 0.3) is 10.2 Å². The van der Waals surface area contributed by atoms with Gasteiger partial charge >= 0.3 is 0 Å². The summed E-state index contributed by atoms with van der Waals surface area (Å²) >= 11 is 1.62. The Morgan fingerprint density at radius 3 is 3.06 bits per heavy atom. The summed E-state index contributed by atoms with van der Waals surface area (Å²) in [6, 6.07) is 5.56. The van der Waals surface area contributed by atoms with Gasteiger partial charge in [0, 0.05) is 12.6 Å². The zero-order valence-corrected chi connectivity index (χ0v) is 11.5. The Balaban J connectivity index is 0.00000162. The molecule has 0 aliphatic carbocycles. The Bertz CT molecular complexity index is 556. The number of hydrogen-bond donors (Lipinski definition) is 1.